The molecule has 17 heteroatoms. The van der Waals surface area contributed by atoms with Crippen molar-refractivity contribution in [2.24, 2.45) is 11.8 Å². The minimum atomic E-state index is -2.25. The third-order valence-electron chi connectivity index (χ3n) is 11.0. The largest absolute Gasteiger partial charge is 0.462 e. The molecule has 0 heterocycles. The average molecular weight is 821 g/mol. The van der Waals surface area contributed by atoms with Crippen molar-refractivity contribution in [3.8, 4) is 33.8 Å². The molecule has 0 aliphatic heterocycles. The third kappa shape index (κ3) is 8.82. The maximum Gasteiger partial charge on any atom is 0.251 e. The number of nitrogens with one attached hydrogen (secondary N) is 2. The molecule has 316 valence electrons. The smallest absolute Gasteiger partial charge is 0.251 e. The van der Waals surface area contributed by atoms with Gasteiger partial charge in [-0.1, -0.05) is 48.5 Å². The van der Waals surface area contributed by atoms with Crippen LogP contribution in [0.15, 0.2) is 97.1 Å². The van der Waals surface area contributed by atoms with Gasteiger partial charge in [-0.15, -0.1) is 0 Å². The zero-order valence-corrected chi connectivity index (χ0v) is 31.6. The van der Waals surface area contributed by atoms with E-state index < -0.39 is 73.2 Å². The lowest BCUT2D eigenvalue weighted by molar-refractivity contribution is -0.332. The van der Waals surface area contributed by atoms with Crippen molar-refractivity contribution in [2.45, 2.75) is 48.2 Å². The van der Waals surface area contributed by atoms with E-state index in [9.17, 15) is 60.7 Å². The van der Waals surface area contributed by atoms with E-state index >= 15 is 0 Å². The summed E-state index contributed by atoms with van der Waals surface area (Å²) in [4.78, 5) is 25.7. The first kappa shape index (κ1) is 43.6. The van der Waals surface area contributed by atoms with E-state index in [2.05, 4.69) is 10.6 Å². The van der Waals surface area contributed by atoms with Gasteiger partial charge in [-0.25, -0.2) is 0 Å². The van der Waals surface area contributed by atoms with Crippen molar-refractivity contribution in [3.63, 3.8) is 0 Å². The quantitative estimate of drug-likeness (QED) is 0.0412. The Morgan fingerprint density at radius 1 is 0.576 bits per heavy atom. The van der Waals surface area contributed by atoms with Crippen LogP contribution in [0.25, 0.3) is 22.3 Å². The van der Waals surface area contributed by atoms with Crippen LogP contribution in [0.5, 0.6) is 11.5 Å². The molecular weight excluding hydrogens is 772 g/mol. The van der Waals surface area contributed by atoms with E-state index in [0.29, 0.717) is 22.3 Å². The van der Waals surface area contributed by atoms with E-state index in [1.165, 1.54) is 24.3 Å². The van der Waals surface area contributed by atoms with Crippen molar-refractivity contribution >= 4 is 11.8 Å². The molecule has 6 rings (SSSR count). The fourth-order valence-corrected chi connectivity index (χ4v) is 7.26. The lowest BCUT2D eigenvalue weighted by Crippen LogP contribution is -2.76. The molecular formula is C42H48N2O15. The van der Waals surface area contributed by atoms with Gasteiger partial charge in [0.05, 0.1) is 38.6 Å². The maximum absolute atomic E-state index is 12.8. The van der Waals surface area contributed by atoms with Crippen molar-refractivity contribution in [2.75, 3.05) is 39.5 Å². The highest BCUT2D eigenvalue weighted by atomic mass is 16.6. The topological polar surface area (TPSA) is 288 Å². The van der Waals surface area contributed by atoms with Gasteiger partial charge in [0, 0.05) is 36.1 Å². The van der Waals surface area contributed by atoms with Crippen molar-refractivity contribution in [1.82, 2.24) is 10.6 Å². The summed E-state index contributed by atoms with van der Waals surface area (Å²) in [6.45, 7) is -0.532. The first-order valence-electron chi connectivity index (χ1n) is 18.9. The maximum atomic E-state index is 12.8. The minimum absolute atomic E-state index is 0.158. The number of ether oxygens (including phenoxy) is 3. The third-order valence-corrected chi connectivity index (χ3v) is 11.0. The molecule has 2 aliphatic rings. The van der Waals surface area contributed by atoms with Crippen LogP contribution in [0.4, 0.5) is 0 Å². The average Bonchev–Trinajstić information content (AvgIpc) is 3.26. The van der Waals surface area contributed by atoms with Crippen LogP contribution in [0.3, 0.4) is 0 Å². The Morgan fingerprint density at radius 2 is 0.949 bits per heavy atom. The molecule has 10 atom stereocenters. The molecule has 10 unspecified atom stereocenters. The fraction of sp³-hybridized carbons (Fsp3) is 0.381. The highest BCUT2D eigenvalue weighted by Gasteiger charge is 2.66. The van der Waals surface area contributed by atoms with Gasteiger partial charge >= 0.3 is 0 Å². The first-order chi connectivity index (χ1) is 28.2. The Balaban J connectivity index is 0.903. The van der Waals surface area contributed by atoms with E-state index in [4.69, 9.17) is 14.2 Å². The van der Waals surface area contributed by atoms with Crippen molar-refractivity contribution in [1.29, 1.82) is 0 Å². The number of aliphatic hydroxyl groups is 10. The number of aliphatic hydroxyl groups excluding tert-OH is 8. The molecule has 0 saturated heterocycles. The predicted octanol–water partition coefficient (Wildman–Crippen LogP) is -1.26. The number of carbonyl (C=O) groups is 2. The van der Waals surface area contributed by atoms with Gasteiger partial charge in [-0.2, -0.15) is 0 Å². The molecule has 17 nitrogen and oxygen atoms in total. The molecule has 12 N–H and O–H groups in total. The lowest BCUT2D eigenvalue weighted by atomic mass is 9.64. The van der Waals surface area contributed by atoms with Crippen LogP contribution < -0.4 is 20.1 Å². The summed E-state index contributed by atoms with van der Waals surface area (Å²) in [6.07, 6.45) is -10.0. The van der Waals surface area contributed by atoms with E-state index in [0.717, 1.165) is 11.1 Å². The summed E-state index contributed by atoms with van der Waals surface area (Å²) in [7, 11) is 0. The monoisotopic (exact) mass is 820 g/mol. The SMILES string of the molecule is O=C(NCCOCCNC(=O)c1cccc(-c2ccc(OC(O)C3(O)C(O)C(O)C3CO)cc2)c1)c1cccc(-c2ccc(OC(O)C3(O)C(O)C(O)C3CO)cc2)c1. The Bertz CT molecular complexity index is 1910. The van der Waals surface area contributed by atoms with Crippen LogP contribution in [-0.4, -0.2) is 151 Å². The molecule has 2 saturated carbocycles. The number of hydrogen-bond donors (Lipinski definition) is 12. The lowest BCUT2D eigenvalue weighted by Gasteiger charge is -2.53. The Kier molecular flexibility index (Phi) is 13.7. The van der Waals surface area contributed by atoms with Gasteiger partial charge in [0.15, 0.2) is 11.2 Å². The highest BCUT2D eigenvalue weighted by molar-refractivity contribution is 5.96. The minimum Gasteiger partial charge on any atom is -0.462 e. The molecule has 2 aliphatic carbocycles. The summed E-state index contributed by atoms with van der Waals surface area (Å²) in [5, 5.41) is 106. The second-order valence-corrected chi connectivity index (χ2v) is 14.5. The van der Waals surface area contributed by atoms with Crippen molar-refractivity contribution < 1.29 is 74.9 Å². The molecule has 0 bridgehead atoms. The molecule has 0 aromatic heterocycles. The Hall–Kier alpha value is -5.02. The first-order valence-corrected chi connectivity index (χ1v) is 18.9. The van der Waals surface area contributed by atoms with Gasteiger partial charge < -0.3 is 75.9 Å². The van der Waals surface area contributed by atoms with Crippen molar-refractivity contribution in [3.05, 3.63) is 108 Å². The summed E-state index contributed by atoms with van der Waals surface area (Å²) in [6, 6.07) is 26.5. The van der Waals surface area contributed by atoms with Gasteiger partial charge in [-0.3, -0.25) is 9.59 Å². The van der Waals surface area contributed by atoms with Crippen LogP contribution in [0, 0.1) is 11.8 Å². The Morgan fingerprint density at radius 3 is 1.31 bits per heavy atom. The summed E-state index contributed by atoms with van der Waals surface area (Å²) in [5.74, 6) is -2.71. The Labute approximate surface area is 338 Å². The second kappa shape index (κ2) is 18.5. The van der Waals surface area contributed by atoms with E-state index in [1.807, 2.05) is 0 Å². The van der Waals surface area contributed by atoms with Gasteiger partial charge in [-0.05, 0) is 70.8 Å². The number of rotatable bonds is 18. The molecule has 2 fully saturated rings. The summed E-state index contributed by atoms with van der Waals surface area (Å²) < 4.78 is 16.4. The predicted molar refractivity (Wildman–Crippen MR) is 208 cm³/mol. The molecule has 0 radical (unpaired) electrons. The van der Waals surface area contributed by atoms with Gasteiger partial charge in [0.1, 0.15) is 23.7 Å². The van der Waals surface area contributed by atoms with Gasteiger partial charge in [0.2, 0.25) is 12.6 Å². The van der Waals surface area contributed by atoms with E-state index in [1.54, 1.807) is 72.8 Å². The second-order valence-electron chi connectivity index (χ2n) is 14.5. The van der Waals surface area contributed by atoms with Crippen LogP contribution in [0.1, 0.15) is 20.7 Å². The number of carbonyl (C=O) groups excluding carboxylic acids is 2. The zero-order valence-electron chi connectivity index (χ0n) is 31.6. The number of benzene rings is 4. The molecule has 0 spiro atoms. The zero-order chi connectivity index (χ0) is 42.5. The van der Waals surface area contributed by atoms with E-state index in [-0.39, 0.29) is 49.6 Å². The fourth-order valence-electron chi connectivity index (χ4n) is 7.26. The number of hydrogen-bond acceptors (Lipinski definition) is 15. The molecule has 59 heavy (non-hydrogen) atoms. The van der Waals surface area contributed by atoms with Gasteiger partial charge in [0.25, 0.3) is 11.8 Å². The molecule has 4 aromatic rings. The van der Waals surface area contributed by atoms with Crippen LogP contribution in [-0.2, 0) is 4.74 Å². The van der Waals surface area contributed by atoms with Crippen LogP contribution >= 0.6 is 0 Å². The van der Waals surface area contributed by atoms with Crippen LogP contribution in [0.2, 0.25) is 0 Å². The molecule has 4 aromatic carbocycles. The number of amides is 2. The summed E-state index contributed by atoms with van der Waals surface area (Å²) >= 11 is 0. The summed E-state index contributed by atoms with van der Waals surface area (Å²) in [5.41, 5.74) is -0.831. The highest BCUT2D eigenvalue weighted by Crippen LogP contribution is 2.43. The normalized spacial score (nSPS) is 27.1. The standard InChI is InChI=1S/C42H48N2O15/c45-21-31-33(47)35(49)41(31,55)39(53)58-29-11-7-23(8-12-29)25-3-1-5-27(19-25)37(51)43-15-17-57-18-16-44-38(52)28-6-2-4-26(20-28)24-9-13-30(14-10-24)59-40(54)42(56)32(22-46)34(48)36(42)50/h1-14,19-20,31-36,39-40,45-50,53-56H,15-18,21-22H2,(H,43,51)(H,44,52). The molecule has 2 amide bonds.